The van der Waals surface area contributed by atoms with Crippen LogP contribution in [0.2, 0.25) is 0 Å². The summed E-state index contributed by atoms with van der Waals surface area (Å²) in [5.41, 5.74) is 3.38. The molecular formula is C16H25NS. The van der Waals surface area contributed by atoms with Gasteiger partial charge >= 0.3 is 0 Å². The van der Waals surface area contributed by atoms with Crippen LogP contribution in [0.4, 0.5) is 0 Å². The van der Waals surface area contributed by atoms with E-state index in [2.05, 4.69) is 56.6 Å². The lowest BCUT2D eigenvalue weighted by Crippen LogP contribution is -2.32. The van der Waals surface area contributed by atoms with Crippen LogP contribution in [0.5, 0.6) is 0 Å². The zero-order valence-corrected chi connectivity index (χ0v) is 12.8. The fourth-order valence-corrected chi connectivity index (χ4v) is 3.28. The normalized spacial score (nSPS) is 22.8. The van der Waals surface area contributed by atoms with E-state index in [4.69, 9.17) is 0 Å². The molecule has 0 aromatic heterocycles. The van der Waals surface area contributed by atoms with Crippen molar-refractivity contribution >= 4 is 11.8 Å². The third kappa shape index (κ3) is 2.92. The van der Waals surface area contributed by atoms with Gasteiger partial charge in [0.2, 0.25) is 0 Å². The number of benzene rings is 1. The van der Waals surface area contributed by atoms with E-state index in [9.17, 15) is 0 Å². The van der Waals surface area contributed by atoms with Crippen molar-refractivity contribution in [3.8, 4) is 0 Å². The Morgan fingerprint density at radius 2 is 2.11 bits per heavy atom. The highest BCUT2D eigenvalue weighted by molar-refractivity contribution is 7.99. The second kappa shape index (κ2) is 5.66. The van der Waals surface area contributed by atoms with Gasteiger partial charge < -0.3 is 5.32 Å². The van der Waals surface area contributed by atoms with Crippen LogP contribution in [-0.4, -0.2) is 18.1 Å². The van der Waals surface area contributed by atoms with Gasteiger partial charge in [-0.25, -0.2) is 0 Å². The molecule has 1 aliphatic rings. The second-order valence-electron chi connectivity index (χ2n) is 6.09. The first kappa shape index (κ1) is 14.0. The molecule has 2 unspecified atom stereocenters. The number of nitrogens with one attached hydrogen (secondary N) is 1. The quantitative estimate of drug-likeness (QED) is 0.860. The van der Waals surface area contributed by atoms with Crippen LogP contribution in [0.25, 0.3) is 0 Å². The summed E-state index contributed by atoms with van der Waals surface area (Å²) in [6.07, 6.45) is 4.63. The lowest BCUT2D eigenvalue weighted by molar-refractivity contribution is 0.269. The third-order valence-corrected chi connectivity index (χ3v) is 5.14. The van der Waals surface area contributed by atoms with E-state index in [1.807, 2.05) is 11.8 Å². The van der Waals surface area contributed by atoms with Crippen molar-refractivity contribution in [2.45, 2.75) is 44.9 Å². The van der Waals surface area contributed by atoms with Gasteiger partial charge in [0.25, 0.3) is 0 Å². The van der Waals surface area contributed by atoms with Gasteiger partial charge in [0.1, 0.15) is 0 Å². The van der Waals surface area contributed by atoms with E-state index < -0.39 is 0 Å². The van der Waals surface area contributed by atoms with Gasteiger partial charge in [-0.05, 0) is 42.2 Å². The lowest BCUT2D eigenvalue weighted by Gasteiger charge is -2.29. The number of hydrogen-bond acceptors (Lipinski definition) is 2. The molecule has 2 heteroatoms. The van der Waals surface area contributed by atoms with Crippen LogP contribution in [-0.2, 0) is 6.42 Å². The Morgan fingerprint density at radius 1 is 1.39 bits per heavy atom. The van der Waals surface area contributed by atoms with Crippen LogP contribution in [0, 0.1) is 5.41 Å². The van der Waals surface area contributed by atoms with E-state index in [-0.39, 0.29) is 0 Å². The van der Waals surface area contributed by atoms with Crippen molar-refractivity contribution < 1.29 is 0 Å². The standard InChI is InChI=1S/C16H25NS/c1-12(18-4)9-10-17-15-14-8-6-5-7-13(14)11-16(15,2)3/h5-8,12,15,17H,9-11H2,1-4H3. The second-order valence-corrected chi connectivity index (χ2v) is 7.36. The first-order valence-electron chi connectivity index (χ1n) is 6.88. The highest BCUT2D eigenvalue weighted by atomic mass is 32.2. The maximum Gasteiger partial charge on any atom is 0.0377 e. The Morgan fingerprint density at radius 3 is 2.83 bits per heavy atom. The highest BCUT2D eigenvalue weighted by Gasteiger charge is 2.38. The summed E-state index contributed by atoms with van der Waals surface area (Å²) in [7, 11) is 0. The molecule has 1 N–H and O–H groups in total. The minimum atomic E-state index is 0.340. The summed E-state index contributed by atoms with van der Waals surface area (Å²) in [5, 5.41) is 4.53. The summed E-state index contributed by atoms with van der Waals surface area (Å²) in [6.45, 7) is 8.18. The smallest absolute Gasteiger partial charge is 0.0377 e. The molecule has 0 bridgehead atoms. The van der Waals surface area contributed by atoms with Crippen LogP contribution in [0.3, 0.4) is 0 Å². The van der Waals surface area contributed by atoms with Gasteiger partial charge in [-0.15, -0.1) is 0 Å². The summed E-state index contributed by atoms with van der Waals surface area (Å²) in [5.74, 6) is 0. The van der Waals surface area contributed by atoms with Crippen molar-refractivity contribution in [1.82, 2.24) is 5.32 Å². The predicted octanol–water partition coefficient (Wildman–Crippen LogP) is 4.04. The van der Waals surface area contributed by atoms with Crippen molar-refractivity contribution in [3.05, 3.63) is 35.4 Å². The monoisotopic (exact) mass is 263 g/mol. The molecule has 2 atom stereocenters. The zero-order chi connectivity index (χ0) is 13.2. The van der Waals surface area contributed by atoms with E-state index >= 15 is 0 Å². The number of fused-ring (bicyclic) bond motifs is 1. The summed E-state index contributed by atoms with van der Waals surface area (Å²) >= 11 is 1.95. The third-order valence-electron chi connectivity index (χ3n) is 4.10. The predicted molar refractivity (Wildman–Crippen MR) is 82.3 cm³/mol. The van der Waals surface area contributed by atoms with Crippen LogP contribution in [0.1, 0.15) is 44.4 Å². The topological polar surface area (TPSA) is 12.0 Å². The molecule has 0 saturated heterocycles. The van der Waals surface area contributed by atoms with Crippen LogP contribution >= 0.6 is 11.8 Å². The molecule has 100 valence electrons. The molecule has 0 amide bonds. The maximum absolute atomic E-state index is 3.78. The lowest BCUT2D eigenvalue weighted by atomic mass is 9.85. The first-order chi connectivity index (χ1) is 8.54. The minimum Gasteiger partial charge on any atom is -0.309 e. The van der Waals surface area contributed by atoms with Gasteiger partial charge in [0, 0.05) is 11.3 Å². The van der Waals surface area contributed by atoms with Gasteiger partial charge in [-0.1, -0.05) is 45.0 Å². The van der Waals surface area contributed by atoms with Crippen LogP contribution in [0.15, 0.2) is 24.3 Å². The highest BCUT2D eigenvalue weighted by Crippen LogP contribution is 2.44. The first-order valence-corrected chi connectivity index (χ1v) is 8.17. The average molecular weight is 263 g/mol. The SMILES string of the molecule is CSC(C)CCNC1c2ccccc2CC1(C)C. The Labute approximate surface area is 116 Å². The molecule has 0 saturated carbocycles. The van der Waals surface area contributed by atoms with E-state index in [1.54, 1.807) is 0 Å². The number of thioether (sulfide) groups is 1. The van der Waals surface area contributed by atoms with Gasteiger partial charge in [-0.2, -0.15) is 11.8 Å². The molecule has 18 heavy (non-hydrogen) atoms. The van der Waals surface area contributed by atoms with Gasteiger partial charge in [-0.3, -0.25) is 0 Å². The Bertz CT molecular complexity index is 400. The largest absolute Gasteiger partial charge is 0.309 e. The van der Waals surface area contributed by atoms with Crippen molar-refractivity contribution in [2.24, 2.45) is 5.41 Å². The van der Waals surface area contributed by atoms with E-state index in [0.717, 1.165) is 11.8 Å². The number of hydrogen-bond donors (Lipinski definition) is 1. The Hall–Kier alpha value is -0.470. The zero-order valence-electron chi connectivity index (χ0n) is 12.0. The molecule has 0 radical (unpaired) electrons. The molecule has 0 heterocycles. The molecule has 1 aliphatic carbocycles. The van der Waals surface area contributed by atoms with E-state index in [0.29, 0.717) is 11.5 Å². The Balaban J connectivity index is 2.02. The van der Waals surface area contributed by atoms with Crippen molar-refractivity contribution in [2.75, 3.05) is 12.8 Å². The molecule has 0 spiro atoms. The van der Waals surface area contributed by atoms with Gasteiger partial charge in [0.05, 0.1) is 0 Å². The molecule has 2 rings (SSSR count). The average Bonchev–Trinajstić information content (AvgIpc) is 2.60. The fraction of sp³-hybridized carbons (Fsp3) is 0.625. The number of rotatable bonds is 5. The molecular weight excluding hydrogens is 238 g/mol. The molecule has 0 aliphatic heterocycles. The molecule has 1 nitrogen and oxygen atoms in total. The molecule has 0 fully saturated rings. The maximum atomic E-state index is 3.78. The molecule has 1 aromatic carbocycles. The van der Waals surface area contributed by atoms with Gasteiger partial charge in [0.15, 0.2) is 0 Å². The fourth-order valence-electron chi connectivity index (χ4n) is 2.93. The summed E-state index contributed by atoms with van der Waals surface area (Å²) in [6, 6.07) is 9.41. The minimum absolute atomic E-state index is 0.340. The Kier molecular flexibility index (Phi) is 4.39. The van der Waals surface area contributed by atoms with Crippen molar-refractivity contribution in [1.29, 1.82) is 0 Å². The van der Waals surface area contributed by atoms with Crippen LogP contribution < -0.4 is 5.32 Å². The molecule has 1 aromatic rings. The summed E-state index contributed by atoms with van der Waals surface area (Å²) in [4.78, 5) is 0. The summed E-state index contributed by atoms with van der Waals surface area (Å²) < 4.78 is 0. The van der Waals surface area contributed by atoms with E-state index in [1.165, 1.54) is 24.0 Å². The van der Waals surface area contributed by atoms with Crippen molar-refractivity contribution in [3.63, 3.8) is 0 Å².